The van der Waals surface area contributed by atoms with Gasteiger partial charge in [0.15, 0.2) is 11.5 Å². The molecule has 0 spiro atoms. The number of ether oxygens (including phenoxy) is 2. The molecule has 6 heteroatoms. The first kappa shape index (κ1) is 15.5. The van der Waals surface area contributed by atoms with E-state index in [1.807, 2.05) is 47.0 Å². The van der Waals surface area contributed by atoms with Gasteiger partial charge < -0.3 is 14.8 Å². The first-order valence-corrected chi connectivity index (χ1v) is 8.21. The quantitative estimate of drug-likeness (QED) is 0.775. The predicted octanol–water partition coefficient (Wildman–Crippen LogP) is 3.37. The van der Waals surface area contributed by atoms with Crippen molar-refractivity contribution < 1.29 is 14.3 Å². The Morgan fingerprint density at radius 1 is 1.16 bits per heavy atom. The van der Waals surface area contributed by atoms with Gasteiger partial charge in [-0.1, -0.05) is 6.07 Å². The Hall–Kier alpha value is -3.02. The summed E-state index contributed by atoms with van der Waals surface area (Å²) < 4.78 is 12.6. The summed E-state index contributed by atoms with van der Waals surface area (Å²) in [6.07, 6.45) is 3.80. The molecule has 0 unspecified atom stereocenters. The second kappa shape index (κ2) is 6.12. The number of fused-ring (bicyclic) bond motifs is 1. The van der Waals surface area contributed by atoms with Gasteiger partial charge in [0.2, 0.25) is 5.91 Å². The fourth-order valence-corrected chi connectivity index (χ4v) is 2.86. The standard InChI is InChI=1S/C19H19N3O3/c1-24-14-9-8-13(11-15(14)25-2)17-18(21-19(23)12-6-7-12)22-10-4-3-5-16(22)20-17/h3-5,8-12H,6-7H2,1-2H3,(H,21,23). The van der Waals surface area contributed by atoms with Crippen molar-refractivity contribution in [2.45, 2.75) is 12.8 Å². The van der Waals surface area contributed by atoms with Crippen LogP contribution in [0.4, 0.5) is 5.82 Å². The summed E-state index contributed by atoms with van der Waals surface area (Å²) >= 11 is 0. The van der Waals surface area contributed by atoms with E-state index >= 15 is 0 Å². The van der Waals surface area contributed by atoms with E-state index in [2.05, 4.69) is 5.32 Å². The van der Waals surface area contributed by atoms with E-state index in [0.29, 0.717) is 23.0 Å². The highest BCUT2D eigenvalue weighted by Gasteiger charge is 2.31. The van der Waals surface area contributed by atoms with E-state index in [1.54, 1.807) is 14.2 Å². The second-order valence-corrected chi connectivity index (χ2v) is 6.07. The average molecular weight is 337 g/mol. The molecule has 1 N–H and O–H groups in total. The predicted molar refractivity (Wildman–Crippen MR) is 95.1 cm³/mol. The molecule has 0 aliphatic heterocycles. The maximum atomic E-state index is 12.3. The van der Waals surface area contributed by atoms with Crippen LogP contribution in [0.5, 0.6) is 11.5 Å². The minimum atomic E-state index is 0.0485. The molecule has 1 aromatic carbocycles. The van der Waals surface area contributed by atoms with Crippen molar-refractivity contribution in [1.82, 2.24) is 9.38 Å². The SMILES string of the molecule is COc1ccc(-c2nc3ccccn3c2NC(=O)C2CC2)cc1OC. The lowest BCUT2D eigenvalue weighted by atomic mass is 10.1. The van der Waals surface area contributed by atoms with E-state index < -0.39 is 0 Å². The highest BCUT2D eigenvalue weighted by atomic mass is 16.5. The normalized spacial score (nSPS) is 13.7. The smallest absolute Gasteiger partial charge is 0.228 e. The van der Waals surface area contributed by atoms with E-state index in [-0.39, 0.29) is 11.8 Å². The Labute approximate surface area is 145 Å². The molecule has 1 amide bonds. The molecule has 0 bridgehead atoms. The van der Waals surface area contributed by atoms with Crippen LogP contribution in [0.15, 0.2) is 42.6 Å². The molecular formula is C19H19N3O3. The molecular weight excluding hydrogens is 318 g/mol. The summed E-state index contributed by atoms with van der Waals surface area (Å²) in [6.45, 7) is 0. The molecule has 0 saturated heterocycles. The Bertz CT molecular complexity index is 944. The van der Waals surface area contributed by atoms with Gasteiger partial charge in [-0.15, -0.1) is 0 Å². The largest absolute Gasteiger partial charge is 0.493 e. The first-order chi connectivity index (χ1) is 12.2. The van der Waals surface area contributed by atoms with Crippen LogP contribution in [0.1, 0.15) is 12.8 Å². The van der Waals surface area contributed by atoms with Gasteiger partial charge in [0.25, 0.3) is 0 Å². The molecule has 2 aromatic heterocycles. The van der Waals surface area contributed by atoms with Gasteiger partial charge in [-0.2, -0.15) is 0 Å². The summed E-state index contributed by atoms with van der Waals surface area (Å²) in [5.74, 6) is 2.12. The molecule has 1 saturated carbocycles. The van der Waals surface area contributed by atoms with Gasteiger partial charge in [-0.3, -0.25) is 9.20 Å². The Morgan fingerprint density at radius 3 is 2.68 bits per heavy atom. The summed E-state index contributed by atoms with van der Waals surface area (Å²) in [5.41, 5.74) is 2.34. The van der Waals surface area contributed by atoms with Gasteiger partial charge in [0.1, 0.15) is 17.2 Å². The number of hydrogen-bond acceptors (Lipinski definition) is 4. The number of hydrogen-bond donors (Lipinski definition) is 1. The number of rotatable bonds is 5. The van der Waals surface area contributed by atoms with Gasteiger partial charge in [0, 0.05) is 17.7 Å². The third-order valence-corrected chi connectivity index (χ3v) is 4.38. The molecule has 3 aromatic rings. The zero-order chi connectivity index (χ0) is 17.4. The number of methoxy groups -OCH3 is 2. The molecule has 0 atom stereocenters. The van der Waals surface area contributed by atoms with Crippen LogP contribution in [-0.2, 0) is 4.79 Å². The van der Waals surface area contributed by atoms with Gasteiger partial charge in [-0.25, -0.2) is 4.98 Å². The molecule has 1 fully saturated rings. The van der Waals surface area contributed by atoms with Crippen molar-refractivity contribution in [3.63, 3.8) is 0 Å². The van der Waals surface area contributed by atoms with Crippen molar-refractivity contribution in [1.29, 1.82) is 0 Å². The molecule has 1 aliphatic carbocycles. The van der Waals surface area contributed by atoms with Crippen LogP contribution in [0, 0.1) is 5.92 Å². The van der Waals surface area contributed by atoms with E-state index in [0.717, 1.165) is 24.1 Å². The van der Waals surface area contributed by atoms with E-state index in [9.17, 15) is 4.79 Å². The monoisotopic (exact) mass is 337 g/mol. The van der Waals surface area contributed by atoms with Crippen molar-refractivity contribution in [2.75, 3.05) is 19.5 Å². The lowest BCUT2D eigenvalue weighted by molar-refractivity contribution is -0.117. The molecule has 2 heterocycles. The second-order valence-electron chi connectivity index (χ2n) is 6.07. The third kappa shape index (κ3) is 2.80. The fourth-order valence-electron chi connectivity index (χ4n) is 2.86. The average Bonchev–Trinajstić information content (AvgIpc) is 3.44. The molecule has 0 radical (unpaired) electrons. The number of carbonyl (C=O) groups excluding carboxylic acids is 1. The third-order valence-electron chi connectivity index (χ3n) is 4.38. The number of imidazole rings is 1. The highest BCUT2D eigenvalue weighted by molar-refractivity contribution is 5.97. The van der Waals surface area contributed by atoms with Crippen LogP contribution in [0.2, 0.25) is 0 Å². The minimum Gasteiger partial charge on any atom is -0.493 e. The minimum absolute atomic E-state index is 0.0485. The summed E-state index contributed by atoms with van der Waals surface area (Å²) in [5, 5.41) is 3.05. The zero-order valence-electron chi connectivity index (χ0n) is 14.2. The Kier molecular flexibility index (Phi) is 3.80. The van der Waals surface area contributed by atoms with Crippen LogP contribution in [-0.4, -0.2) is 29.5 Å². The topological polar surface area (TPSA) is 64.9 Å². The molecule has 1 aliphatic rings. The maximum absolute atomic E-state index is 12.3. The number of nitrogens with one attached hydrogen (secondary N) is 1. The van der Waals surface area contributed by atoms with Crippen molar-refractivity contribution in [2.24, 2.45) is 5.92 Å². The summed E-state index contributed by atoms with van der Waals surface area (Å²) in [6, 6.07) is 11.4. The zero-order valence-corrected chi connectivity index (χ0v) is 14.2. The summed E-state index contributed by atoms with van der Waals surface area (Å²) in [4.78, 5) is 17.0. The van der Waals surface area contributed by atoms with E-state index in [1.165, 1.54) is 0 Å². The molecule has 6 nitrogen and oxygen atoms in total. The Balaban J connectivity index is 1.84. The highest BCUT2D eigenvalue weighted by Crippen LogP contribution is 2.37. The van der Waals surface area contributed by atoms with Gasteiger partial charge in [-0.05, 0) is 43.2 Å². The fraction of sp³-hybridized carbons (Fsp3) is 0.263. The van der Waals surface area contributed by atoms with Crippen molar-refractivity contribution >= 4 is 17.4 Å². The van der Waals surface area contributed by atoms with Crippen LogP contribution < -0.4 is 14.8 Å². The van der Waals surface area contributed by atoms with Gasteiger partial charge in [0.05, 0.1) is 14.2 Å². The summed E-state index contributed by atoms with van der Waals surface area (Å²) in [7, 11) is 3.20. The number of anilines is 1. The number of aromatic nitrogens is 2. The van der Waals surface area contributed by atoms with Crippen molar-refractivity contribution in [3.05, 3.63) is 42.6 Å². The number of pyridine rings is 1. The van der Waals surface area contributed by atoms with Crippen LogP contribution in [0.25, 0.3) is 16.9 Å². The maximum Gasteiger partial charge on any atom is 0.228 e. The van der Waals surface area contributed by atoms with Crippen molar-refractivity contribution in [3.8, 4) is 22.8 Å². The van der Waals surface area contributed by atoms with Gasteiger partial charge >= 0.3 is 0 Å². The lowest BCUT2D eigenvalue weighted by Gasteiger charge is -2.10. The number of benzene rings is 1. The molecule has 128 valence electrons. The van der Waals surface area contributed by atoms with Crippen LogP contribution in [0.3, 0.4) is 0 Å². The van der Waals surface area contributed by atoms with E-state index in [4.69, 9.17) is 14.5 Å². The lowest BCUT2D eigenvalue weighted by Crippen LogP contribution is -2.15. The number of carbonyl (C=O) groups is 1. The number of nitrogens with zero attached hydrogens (tertiary/aromatic N) is 2. The molecule has 25 heavy (non-hydrogen) atoms. The Morgan fingerprint density at radius 2 is 1.96 bits per heavy atom. The molecule has 4 rings (SSSR count). The first-order valence-electron chi connectivity index (χ1n) is 8.21. The number of amides is 1. The van der Waals surface area contributed by atoms with Crippen LogP contribution >= 0.6 is 0 Å².